The molecule has 156 valence electrons. The van der Waals surface area contributed by atoms with Crippen LogP contribution in [0.5, 0.6) is 17.2 Å². The number of likely N-dealkylation sites (tertiary alicyclic amines) is 1. The molecule has 1 saturated heterocycles. The molecule has 2 aromatic rings. The zero-order chi connectivity index (χ0) is 19.2. The van der Waals surface area contributed by atoms with Crippen molar-refractivity contribution in [2.75, 3.05) is 52.9 Å². The van der Waals surface area contributed by atoms with Crippen molar-refractivity contribution in [3.63, 3.8) is 0 Å². The number of furan rings is 1. The average Bonchev–Trinajstić information content (AvgIpc) is 3.18. The molecule has 0 unspecified atom stereocenters. The van der Waals surface area contributed by atoms with Gasteiger partial charge in [0.2, 0.25) is 5.75 Å². The first-order valence-corrected chi connectivity index (χ1v) is 9.16. The number of methoxy groups -OCH3 is 3. The minimum Gasteiger partial charge on any atom is -1.00 e. The summed E-state index contributed by atoms with van der Waals surface area (Å²) in [4.78, 5) is 13.4. The van der Waals surface area contributed by atoms with Gasteiger partial charge in [-0.15, -0.1) is 0 Å². The highest BCUT2D eigenvalue weighted by Gasteiger charge is 2.26. The summed E-state index contributed by atoms with van der Waals surface area (Å²) in [7, 11) is 4.36. The molecule has 0 spiro atoms. The summed E-state index contributed by atoms with van der Waals surface area (Å²) in [5.74, 6) is 1.22. The number of carbonyl (C=O) groups is 1. The van der Waals surface area contributed by atoms with Gasteiger partial charge in [0.15, 0.2) is 17.1 Å². The molecule has 3 rings (SSSR count). The van der Waals surface area contributed by atoms with Crippen molar-refractivity contribution < 1.29 is 45.5 Å². The molecule has 1 amide bonds. The van der Waals surface area contributed by atoms with Crippen LogP contribution in [0.4, 0.5) is 10.5 Å². The topological polar surface area (TPSA) is 83.6 Å². The molecule has 9 heteroatoms. The first kappa shape index (κ1) is 22.0. The lowest BCUT2D eigenvalue weighted by Gasteiger charge is -2.24. The standard InChI is InChI=1S/C19H26N2O6.ClH/c1-23-15-13-7-11-26-16(13)18(24-2)17(14(15)20-19(22)25-3)27-12-10-21-8-5-4-6-9-21;/h7,11H,4-6,8-10,12H2,1-3H3,(H,20,22);1H. The lowest BCUT2D eigenvalue weighted by Crippen LogP contribution is -3.13. The third-order valence-corrected chi connectivity index (χ3v) is 4.86. The maximum absolute atomic E-state index is 11.9. The maximum atomic E-state index is 11.9. The van der Waals surface area contributed by atoms with Crippen LogP contribution >= 0.6 is 0 Å². The number of anilines is 1. The second-order valence-corrected chi connectivity index (χ2v) is 6.46. The predicted octanol–water partition coefficient (Wildman–Crippen LogP) is -0.920. The number of quaternary nitrogens is 1. The van der Waals surface area contributed by atoms with E-state index in [1.54, 1.807) is 12.3 Å². The van der Waals surface area contributed by atoms with E-state index < -0.39 is 6.09 Å². The molecule has 1 aliphatic rings. The van der Waals surface area contributed by atoms with Gasteiger partial charge in [-0.3, -0.25) is 5.32 Å². The summed E-state index contributed by atoms with van der Waals surface area (Å²) in [5.41, 5.74) is 0.869. The summed E-state index contributed by atoms with van der Waals surface area (Å²) in [6, 6.07) is 1.75. The van der Waals surface area contributed by atoms with Crippen LogP contribution in [0.3, 0.4) is 0 Å². The molecule has 1 aromatic heterocycles. The minimum atomic E-state index is -0.621. The van der Waals surface area contributed by atoms with Crippen molar-refractivity contribution in [3.8, 4) is 17.2 Å². The van der Waals surface area contributed by atoms with Crippen LogP contribution in [0.25, 0.3) is 11.0 Å². The van der Waals surface area contributed by atoms with Crippen LogP contribution < -0.4 is 36.8 Å². The van der Waals surface area contributed by atoms with Gasteiger partial charge < -0.3 is 40.7 Å². The van der Waals surface area contributed by atoms with E-state index in [0.29, 0.717) is 40.5 Å². The number of hydrogen-bond acceptors (Lipinski definition) is 6. The van der Waals surface area contributed by atoms with Crippen molar-refractivity contribution in [2.24, 2.45) is 0 Å². The third kappa shape index (κ3) is 4.56. The maximum Gasteiger partial charge on any atom is 0.411 e. The summed E-state index contributed by atoms with van der Waals surface area (Å²) in [6.45, 7) is 3.68. The normalized spacial score (nSPS) is 14.2. The number of nitrogens with one attached hydrogen (secondary N) is 2. The van der Waals surface area contributed by atoms with Crippen LogP contribution in [-0.4, -0.2) is 53.7 Å². The molecule has 0 saturated carbocycles. The van der Waals surface area contributed by atoms with E-state index in [4.69, 9.17) is 23.4 Å². The number of fused-ring (bicyclic) bond motifs is 1. The van der Waals surface area contributed by atoms with Crippen LogP contribution in [0.15, 0.2) is 16.7 Å². The molecule has 0 atom stereocenters. The number of halogens is 1. The molecule has 28 heavy (non-hydrogen) atoms. The molecule has 1 fully saturated rings. The van der Waals surface area contributed by atoms with Crippen molar-refractivity contribution in [2.45, 2.75) is 19.3 Å². The Morgan fingerprint density at radius 2 is 1.82 bits per heavy atom. The summed E-state index contributed by atoms with van der Waals surface area (Å²) in [5, 5.41) is 3.36. The van der Waals surface area contributed by atoms with Gasteiger partial charge in [0.1, 0.15) is 18.8 Å². The van der Waals surface area contributed by atoms with Gasteiger partial charge >= 0.3 is 6.09 Å². The molecule has 2 N–H and O–H groups in total. The number of amides is 1. The SMILES string of the molecule is COC(=O)Nc1c(OCC[NH+]2CCCCC2)c(OC)c2occc2c1OC.[Cl-]. The van der Waals surface area contributed by atoms with E-state index in [-0.39, 0.29) is 12.4 Å². The molecule has 8 nitrogen and oxygen atoms in total. The van der Waals surface area contributed by atoms with Crippen molar-refractivity contribution in [3.05, 3.63) is 12.3 Å². The van der Waals surface area contributed by atoms with Gasteiger partial charge in [-0.25, -0.2) is 4.79 Å². The second kappa shape index (κ2) is 10.3. The highest BCUT2D eigenvalue weighted by Crippen LogP contribution is 2.49. The average molecular weight is 415 g/mol. The Morgan fingerprint density at radius 1 is 1.11 bits per heavy atom. The van der Waals surface area contributed by atoms with Crippen LogP contribution in [0.1, 0.15) is 19.3 Å². The second-order valence-electron chi connectivity index (χ2n) is 6.46. The summed E-state index contributed by atoms with van der Waals surface area (Å²) in [6.07, 6.45) is 4.72. The third-order valence-electron chi connectivity index (χ3n) is 4.86. The summed E-state index contributed by atoms with van der Waals surface area (Å²) >= 11 is 0. The number of rotatable bonds is 7. The Bertz CT molecular complexity index is 788. The van der Waals surface area contributed by atoms with E-state index in [2.05, 4.69) is 5.32 Å². The molecule has 0 radical (unpaired) electrons. The van der Waals surface area contributed by atoms with Gasteiger partial charge in [-0.2, -0.15) is 0 Å². The molecular formula is C19H27ClN2O6. The molecule has 1 aromatic carbocycles. The van der Waals surface area contributed by atoms with Crippen LogP contribution in [0.2, 0.25) is 0 Å². The molecule has 0 bridgehead atoms. The fourth-order valence-electron chi connectivity index (χ4n) is 3.52. The monoisotopic (exact) mass is 414 g/mol. The van der Waals surface area contributed by atoms with Gasteiger partial charge in [0.05, 0.1) is 46.1 Å². The number of hydrogen-bond donors (Lipinski definition) is 2. The Morgan fingerprint density at radius 3 is 2.46 bits per heavy atom. The van der Waals surface area contributed by atoms with Crippen LogP contribution in [0, 0.1) is 0 Å². The largest absolute Gasteiger partial charge is 1.00 e. The smallest absolute Gasteiger partial charge is 0.411 e. The molecule has 2 heterocycles. The van der Waals surface area contributed by atoms with E-state index in [9.17, 15) is 4.79 Å². The van der Waals surface area contributed by atoms with E-state index >= 15 is 0 Å². The van der Waals surface area contributed by atoms with Crippen LogP contribution in [-0.2, 0) is 4.74 Å². The van der Waals surface area contributed by atoms with Gasteiger partial charge in [-0.05, 0) is 25.3 Å². The Kier molecular flexibility index (Phi) is 8.07. The fourth-order valence-corrected chi connectivity index (χ4v) is 3.52. The lowest BCUT2D eigenvalue weighted by atomic mass is 10.1. The first-order chi connectivity index (χ1) is 13.2. The molecule has 0 aliphatic carbocycles. The van der Waals surface area contributed by atoms with E-state index in [1.165, 1.54) is 45.5 Å². The van der Waals surface area contributed by atoms with Gasteiger partial charge in [0, 0.05) is 0 Å². The molecule has 1 aliphatic heterocycles. The van der Waals surface area contributed by atoms with E-state index in [1.807, 2.05) is 0 Å². The quantitative estimate of drug-likeness (QED) is 0.609. The van der Waals surface area contributed by atoms with Crippen molar-refractivity contribution in [1.82, 2.24) is 0 Å². The van der Waals surface area contributed by atoms with Crippen molar-refractivity contribution >= 4 is 22.7 Å². The predicted molar refractivity (Wildman–Crippen MR) is 100 cm³/mol. The lowest BCUT2D eigenvalue weighted by molar-refractivity contribution is -0.904. The summed E-state index contributed by atoms with van der Waals surface area (Å²) < 4.78 is 27.5. The van der Waals surface area contributed by atoms with Gasteiger partial charge in [-0.1, -0.05) is 0 Å². The number of piperidine rings is 1. The first-order valence-electron chi connectivity index (χ1n) is 9.16. The number of carbonyl (C=O) groups excluding carboxylic acids is 1. The van der Waals surface area contributed by atoms with Crippen molar-refractivity contribution in [1.29, 1.82) is 0 Å². The number of ether oxygens (including phenoxy) is 4. The van der Waals surface area contributed by atoms with Gasteiger partial charge in [0.25, 0.3) is 0 Å². The van der Waals surface area contributed by atoms with E-state index in [0.717, 1.165) is 19.6 Å². The molecular weight excluding hydrogens is 388 g/mol. The fraction of sp³-hybridized carbons (Fsp3) is 0.526. The Labute approximate surface area is 170 Å². The zero-order valence-corrected chi connectivity index (χ0v) is 17.2. The minimum absolute atomic E-state index is 0. The Hall–Kier alpha value is -2.32. The highest BCUT2D eigenvalue weighted by molar-refractivity contribution is 6.02. The Balaban J connectivity index is 0.00000280. The highest BCUT2D eigenvalue weighted by atomic mass is 35.5. The zero-order valence-electron chi connectivity index (χ0n) is 16.4. The number of benzene rings is 1.